The smallest absolute Gasteiger partial charge is 0.178 e. The zero-order chi connectivity index (χ0) is 22.1. The topological polar surface area (TPSA) is 84.8 Å². The van der Waals surface area contributed by atoms with Crippen LogP contribution in [-0.4, -0.2) is 29.1 Å². The van der Waals surface area contributed by atoms with Crippen LogP contribution in [0.1, 0.15) is 11.4 Å². The van der Waals surface area contributed by atoms with Crippen molar-refractivity contribution in [1.29, 1.82) is 0 Å². The molecule has 0 aliphatic heterocycles. The monoisotopic (exact) mass is 460 g/mol. The molecule has 0 bridgehead atoms. The van der Waals surface area contributed by atoms with Crippen LogP contribution < -0.4 is 5.32 Å². The Morgan fingerprint density at radius 2 is 1.88 bits per heavy atom. The van der Waals surface area contributed by atoms with Crippen molar-refractivity contribution >= 4 is 53.7 Å². The highest BCUT2D eigenvalue weighted by molar-refractivity contribution is 7.91. The Morgan fingerprint density at radius 1 is 0.969 bits per heavy atom. The van der Waals surface area contributed by atoms with Gasteiger partial charge in [-0.1, -0.05) is 6.07 Å². The Labute approximate surface area is 189 Å². The molecular weight excluding hydrogens is 440 g/mol. The molecule has 8 heteroatoms. The van der Waals surface area contributed by atoms with Gasteiger partial charge in [-0.25, -0.2) is 13.4 Å². The minimum absolute atomic E-state index is 0.00151. The van der Waals surface area contributed by atoms with Gasteiger partial charge in [-0.15, -0.1) is 11.3 Å². The Kier molecular flexibility index (Phi) is 5.32. The first kappa shape index (κ1) is 20.5. The van der Waals surface area contributed by atoms with Gasteiger partial charge in [-0.05, 0) is 61.5 Å². The Balaban J connectivity index is 1.45. The number of hydrogen-bond donors (Lipinski definition) is 1. The number of anilines is 2. The van der Waals surface area contributed by atoms with Crippen LogP contribution in [0.2, 0.25) is 0 Å². The molecule has 160 valence electrons. The van der Waals surface area contributed by atoms with Gasteiger partial charge in [-0.3, -0.25) is 9.97 Å². The standard InChI is InChI=1S/C24H20N4O2S2/c1-16-3-2-4-17(27-16)10-12-32(29,30)19-6-7-21-20(14-19)22(9-11-25-21)28-18-5-8-24-23(13-18)26-15-31-24/h2-9,11,13-15H,10,12H2,1H3,(H,25,28). The molecule has 0 amide bonds. The van der Waals surface area contributed by atoms with Gasteiger partial charge in [-0.2, -0.15) is 0 Å². The number of nitrogens with zero attached hydrogens (tertiary/aromatic N) is 3. The summed E-state index contributed by atoms with van der Waals surface area (Å²) in [5.41, 5.74) is 6.80. The summed E-state index contributed by atoms with van der Waals surface area (Å²) in [7, 11) is -3.48. The van der Waals surface area contributed by atoms with Crippen LogP contribution in [0.15, 0.2) is 77.3 Å². The first-order valence-corrected chi connectivity index (χ1v) is 12.7. The first-order valence-electron chi connectivity index (χ1n) is 10.1. The second-order valence-electron chi connectivity index (χ2n) is 7.54. The van der Waals surface area contributed by atoms with E-state index in [1.165, 1.54) is 0 Å². The van der Waals surface area contributed by atoms with E-state index in [1.807, 2.05) is 54.9 Å². The van der Waals surface area contributed by atoms with Crippen molar-refractivity contribution in [3.63, 3.8) is 0 Å². The normalized spacial score (nSPS) is 11.8. The maximum atomic E-state index is 13.0. The summed E-state index contributed by atoms with van der Waals surface area (Å²) < 4.78 is 27.2. The van der Waals surface area contributed by atoms with Crippen LogP contribution in [-0.2, 0) is 16.3 Å². The molecule has 0 unspecified atom stereocenters. The largest absolute Gasteiger partial charge is 0.355 e. The molecule has 0 radical (unpaired) electrons. The number of aromatic nitrogens is 3. The fraction of sp³-hybridized carbons (Fsp3) is 0.125. The SMILES string of the molecule is Cc1cccc(CCS(=O)(=O)c2ccc3nccc(Nc4ccc5scnc5c4)c3c2)n1. The molecule has 5 aromatic rings. The molecule has 3 heterocycles. The van der Waals surface area contributed by atoms with Gasteiger partial charge in [0.05, 0.1) is 31.9 Å². The molecule has 0 saturated heterocycles. The zero-order valence-corrected chi connectivity index (χ0v) is 19.0. The highest BCUT2D eigenvalue weighted by atomic mass is 32.2. The lowest BCUT2D eigenvalue weighted by Crippen LogP contribution is -2.10. The third-order valence-corrected chi connectivity index (χ3v) is 7.78. The van der Waals surface area contributed by atoms with Gasteiger partial charge in [0, 0.05) is 40.8 Å². The predicted molar refractivity (Wildman–Crippen MR) is 129 cm³/mol. The molecule has 1 N–H and O–H groups in total. The van der Waals surface area contributed by atoms with Crippen LogP contribution in [0.25, 0.3) is 21.1 Å². The second-order valence-corrected chi connectivity index (χ2v) is 10.5. The van der Waals surface area contributed by atoms with Gasteiger partial charge in [0.25, 0.3) is 0 Å². The van der Waals surface area contributed by atoms with Gasteiger partial charge < -0.3 is 5.32 Å². The van der Waals surface area contributed by atoms with E-state index in [-0.39, 0.29) is 10.6 Å². The Bertz CT molecular complexity index is 1540. The van der Waals surface area contributed by atoms with Crippen LogP contribution in [0, 0.1) is 6.92 Å². The molecule has 6 nitrogen and oxygen atoms in total. The van der Waals surface area contributed by atoms with Crippen molar-refractivity contribution in [2.24, 2.45) is 0 Å². The number of pyridine rings is 2. The summed E-state index contributed by atoms with van der Waals surface area (Å²) in [5, 5.41) is 4.14. The van der Waals surface area contributed by atoms with Crippen LogP contribution in [0.4, 0.5) is 11.4 Å². The molecule has 32 heavy (non-hydrogen) atoms. The van der Waals surface area contributed by atoms with Crippen molar-refractivity contribution in [1.82, 2.24) is 15.0 Å². The van der Waals surface area contributed by atoms with Crippen LogP contribution in [0.3, 0.4) is 0 Å². The van der Waals surface area contributed by atoms with Gasteiger partial charge >= 0.3 is 0 Å². The van der Waals surface area contributed by atoms with Gasteiger partial charge in [0.15, 0.2) is 9.84 Å². The Morgan fingerprint density at radius 3 is 2.75 bits per heavy atom. The highest BCUT2D eigenvalue weighted by Crippen LogP contribution is 2.29. The minimum atomic E-state index is -3.48. The van der Waals surface area contributed by atoms with E-state index in [1.54, 1.807) is 35.7 Å². The number of sulfone groups is 1. The summed E-state index contributed by atoms with van der Waals surface area (Å²) in [6.07, 6.45) is 2.08. The van der Waals surface area contributed by atoms with Gasteiger partial charge in [0.1, 0.15) is 0 Å². The van der Waals surface area contributed by atoms with Crippen LogP contribution in [0.5, 0.6) is 0 Å². The molecule has 0 aliphatic carbocycles. The lowest BCUT2D eigenvalue weighted by atomic mass is 10.2. The molecule has 3 aromatic heterocycles. The molecule has 0 fully saturated rings. The second kappa shape index (κ2) is 8.29. The van der Waals surface area contributed by atoms with E-state index < -0.39 is 9.84 Å². The molecule has 0 atom stereocenters. The molecule has 5 rings (SSSR count). The van der Waals surface area contributed by atoms with E-state index in [0.717, 1.165) is 43.9 Å². The predicted octanol–water partition coefficient (Wildman–Crippen LogP) is 5.31. The van der Waals surface area contributed by atoms with Crippen molar-refractivity contribution < 1.29 is 8.42 Å². The highest BCUT2D eigenvalue weighted by Gasteiger charge is 2.17. The Hall–Kier alpha value is -3.36. The first-order chi connectivity index (χ1) is 15.5. The average molecular weight is 461 g/mol. The number of hydrogen-bond acceptors (Lipinski definition) is 7. The molecule has 0 saturated carbocycles. The van der Waals surface area contributed by atoms with Gasteiger partial charge in [0.2, 0.25) is 0 Å². The molecule has 0 aliphatic rings. The van der Waals surface area contributed by atoms with E-state index in [0.29, 0.717) is 6.42 Å². The summed E-state index contributed by atoms with van der Waals surface area (Å²) in [4.78, 5) is 13.4. The maximum Gasteiger partial charge on any atom is 0.178 e. The summed E-state index contributed by atoms with van der Waals surface area (Å²) in [6, 6.07) is 18.6. The summed E-state index contributed by atoms with van der Waals surface area (Å²) in [6.45, 7) is 1.90. The number of aryl methyl sites for hydroxylation is 2. The number of nitrogens with one attached hydrogen (secondary N) is 1. The van der Waals surface area contributed by atoms with E-state index in [2.05, 4.69) is 20.3 Å². The maximum absolute atomic E-state index is 13.0. The van der Waals surface area contributed by atoms with Crippen LogP contribution >= 0.6 is 11.3 Å². The molecule has 2 aromatic carbocycles. The van der Waals surface area contributed by atoms with Crippen molar-refractivity contribution in [2.75, 3.05) is 11.1 Å². The quantitative estimate of drug-likeness (QED) is 0.370. The van der Waals surface area contributed by atoms with Crippen molar-refractivity contribution in [2.45, 2.75) is 18.2 Å². The minimum Gasteiger partial charge on any atom is -0.355 e. The average Bonchev–Trinajstić information content (AvgIpc) is 3.26. The fourth-order valence-corrected chi connectivity index (χ4v) is 5.56. The third kappa shape index (κ3) is 4.19. The number of rotatable bonds is 6. The lowest BCUT2D eigenvalue weighted by Gasteiger charge is -2.11. The number of benzene rings is 2. The number of thiazole rings is 1. The fourth-order valence-electron chi connectivity index (χ4n) is 3.61. The van der Waals surface area contributed by atoms with E-state index in [4.69, 9.17) is 0 Å². The van der Waals surface area contributed by atoms with E-state index in [9.17, 15) is 8.42 Å². The third-order valence-electron chi connectivity index (χ3n) is 5.25. The lowest BCUT2D eigenvalue weighted by molar-refractivity contribution is 0.595. The summed E-state index contributed by atoms with van der Waals surface area (Å²) in [5.74, 6) is -0.00151. The van der Waals surface area contributed by atoms with E-state index >= 15 is 0 Å². The molecular formula is C24H20N4O2S2. The summed E-state index contributed by atoms with van der Waals surface area (Å²) >= 11 is 1.59. The zero-order valence-electron chi connectivity index (χ0n) is 17.3. The van der Waals surface area contributed by atoms with Crippen molar-refractivity contribution in [3.8, 4) is 0 Å². The van der Waals surface area contributed by atoms with Crippen molar-refractivity contribution in [3.05, 3.63) is 83.8 Å². The molecule has 0 spiro atoms. The number of fused-ring (bicyclic) bond motifs is 2.